The van der Waals surface area contributed by atoms with Crippen LogP contribution in [0.1, 0.15) is 54.6 Å². The third-order valence-electron chi connectivity index (χ3n) is 3.85. The lowest BCUT2D eigenvalue weighted by molar-refractivity contribution is 0.549. The summed E-state index contributed by atoms with van der Waals surface area (Å²) in [5, 5.41) is 8.37. The van der Waals surface area contributed by atoms with Gasteiger partial charge < -0.3 is 5.32 Å². The molecular formula is C12H17N3. The van der Waals surface area contributed by atoms with E-state index in [-0.39, 0.29) is 0 Å². The smallest absolute Gasteiger partial charge is 0.0691 e. The van der Waals surface area contributed by atoms with E-state index in [2.05, 4.69) is 10.00 Å². The minimum absolute atomic E-state index is 0.742. The first-order valence-corrected chi connectivity index (χ1v) is 6.24. The van der Waals surface area contributed by atoms with Crippen LogP contribution >= 0.6 is 0 Å². The summed E-state index contributed by atoms with van der Waals surface area (Å²) in [6.07, 6.45) is 6.65. The molecule has 0 unspecified atom stereocenters. The molecule has 3 aliphatic rings. The molecule has 80 valence electrons. The zero-order chi connectivity index (χ0) is 9.83. The summed E-state index contributed by atoms with van der Waals surface area (Å²) >= 11 is 0. The third kappa shape index (κ3) is 1.26. The topological polar surface area (TPSA) is 29.9 Å². The van der Waals surface area contributed by atoms with Gasteiger partial charge in [0.05, 0.1) is 17.4 Å². The van der Waals surface area contributed by atoms with Crippen molar-refractivity contribution in [3.63, 3.8) is 0 Å². The summed E-state index contributed by atoms with van der Waals surface area (Å²) in [4.78, 5) is 0. The van der Waals surface area contributed by atoms with Crippen LogP contribution in [0.3, 0.4) is 0 Å². The standard InChI is InChI=1S/C12H17N3/c1-2-8(1)12-10-5-6-13-7-11(10)15(14-12)9-3-4-9/h8-9,13H,1-7H2. The maximum atomic E-state index is 4.89. The van der Waals surface area contributed by atoms with E-state index in [4.69, 9.17) is 5.10 Å². The monoisotopic (exact) mass is 203 g/mol. The summed E-state index contributed by atoms with van der Waals surface area (Å²) in [6, 6.07) is 0.742. The highest BCUT2D eigenvalue weighted by Gasteiger charge is 2.35. The van der Waals surface area contributed by atoms with E-state index >= 15 is 0 Å². The van der Waals surface area contributed by atoms with Crippen LogP contribution in [0.25, 0.3) is 0 Å². The van der Waals surface area contributed by atoms with E-state index < -0.39 is 0 Å². The number of nitrogens with zero attached hydrogens (tertiary/aromatic N) is 2. The third-order valence-corrected chi connectivity index (χ3v) is 3.85. The molecule has 0 radical (unpaired) electrons. The summed E-state index contributed by atoms with van der Waals surface area (Å²) in [7, 11) is 0. The van der Waals surface area contributed by atoms with Gasteiger partial charge in [-0.1, -0.05) is 0 Å². The van der Waals surface area contributed by atoms with Crippen LogP contribution < -0.4 is 5.32 Å². The van der Waals surface area contributed by atoms with E-state index in [1.54, 1.807) is 5.56 Å². The average Bonchev–Trinajstić information content (AvgIpc) is 3.15. The highest BCUT2D eigenvalue weighted by Crippen LogP contribution is 2.44. The zero-order valence-corrected chi connectivity index (χ0v) is 9.00. The molecule has 15 heavy (non-hydrogen) atoms. The average molecular weight is 203 g/mol. The number of hydrogen-bond donors (Lipinski definition) is 1. The molecular weight excluding hydrogens is 186 g/mol. The molecule has 2 saturated carbocycles. The Morgan fingerprint density at radius 3 is 2.80 bits per heavy atom. The summed E-state index contributed by atoms with van der Waals surface area (Å²) in [5.41, 5.74) is 4.56. The number of hydrogen-bond acceptors (Lipinski definition) is 2. The second kappa shape index (κ2) is 2.85. The Kier molecular flexibility index (Phi) is 1.58. The number of rotatable bonds is 2. The molecule has 0 amide bonds. The highest BCUT2D eigenvalue weighted by molar-refractivity contribution is 5.34. The maximum absolute atomic E-state index is 4.89. The SMILES string of the molecule is C1Cc2c(C3CC3)nn(C3CC3)c2CN1. The lowest BCUT2D eigenvalue weighted by atomic mass is 10.0. The lowest BCUT2D eigenvalue weighted by Gasteiger charge is -2.15. The van der Waals surface area contributed by atoms with Crippen LogP contribution in [0, 0.1) is 0 Å². The fourth-order valence-corrected chi connectivity index (χ4v) is 2.71. The van der Waals surface area contributed by atoms with E-state index in [0.29, 0.717) is 0 Å². The fourth-order valence-electron chi connectivity index (χ4n) is 2.71. The van der Waals surface area contributed by atoms with E-state index in [1.807, 2.05) is 0 Å². The van der Waals surface area contributed by atoms with Gasteiger partial charge in [0.25, 0.3) is 0 Å². The van der Waals surface area contributed by atoms with E-state index in [0.717, 1.165) is 25.0 Å². The minimum atomic E-state index is 0.742. The molecule has 4 rings (SSSR count). The van der Waals surface area contributed by atoms with Crippen molar-refractivity contribution in [1.82, 2.24) is 15.1 Å². The predicted molar refractivity (Wildman–Crippen MR) is 57.9 cm³/mol. The van der Waals surface area contributed by atoms with Crippen molar-refractivity contribution in [1.29, 1.82) is 0 Å². The molecule has 2 fully saturated rings. The second-order valence-electron chi connectivity index (χ2n) is 5.19. The van der Waals surface area contributed by atoms with Crippen molar-refractivity contribution in [2.75, 3.05) is 6.54 Å². The van der Waals surface area contributed by atoms with Crippen LogP contribution in [0.15, 0.2) is 0 Å². The molecule has 0 bridgehead atoms. The van der Waals surface area contributed by atoms with Crippen molar-refractivity contribution in [3.8, 4) is 0 Å². The summed E-state index contributed by atoms with van der Waals surface area (Å²) in [6.45, 7) is 2.19. The molecule has 2 heterocycles. The number of aromatic nitrogens is 2. The summed E-state index contributed by atoms with van der Waals surface area (Å²) < 4.78 is 2.34. The van der Waals surface area contributed by atoms with Gasteiger partial charge in [-0.3, -0.25) is 4.68 Å². The maximum Gasteiger partial charge on any atom is 0.0691 e. The van der Waals surface area contributed by atoms with Gasteiger partial charge in [-0.15, -0.1) is 0 Å². The van der Waals surface area contributed by atoms with Gasteiger partial charge in [-0.2, -0.15) is 5.10 Å². The van der Waals surface area contributed by atoms with Crippen LogP contribution in [-0.2, 0) is 13.0 Å². The molecule has 3 heteroatoms. The summed E-state index contributed by atoms with van der Waals surface area (Å²) in [5.74, 6) is 0.817. The van der Waals surface area contributed by atoms with Gasteiger partial charge >= 0.3 is 0 Å². The molecule has 3 nitrogen and oxygen atoms in total. The molecule has 0 spiro atoms. The Morgan fingerprint density at radius 1 is 1.20 bits per heavy atom. The first kappa shape index (κ1) is 8.34. The Balaban J connectivity index is 1.83. The van der Waals surface area contributed by atoms with Crippen molar-refractivity contribution < 1.29 is 0 Å². The van der Waals surface area contributed by atoms with E-state index in [9.17, 15) is 0 Å². The van der Waals surface area contributed by atoms with Crippen molar-refractivity contribution in [3.05, 3.63) is 17.0 Å². The molecule has 1 aromatic rings. The van der Waals surface area contributed by atoms with Crippen LogP contribution in [-0.4, -0.2) is 16.3 Å². The van der Waals surface area contributed by atoms with Gasteiger partial charge in [0.2, 0.25) is 0 Å². The molecule has 1 aromatic heterocycles. The van der Waals surface area contributed by atoms with Crippen LogP contribution in [0.4, 0.5) is 0 Å². The van der Waals surface area contributed by atoms with Crippen molar-refractivity contribution in [2.45, 2.75) is 50.6 Å². The zero-order valence-electron chi connectivity index (χ0n) is 9.00. The first-order valence-electron chi connectivity index (χ1n) is 6.24. The molecule has 0 aromatic carbocycles. The van der Waals surface area contributed by atoms with Gasteiger partial charge in [0, 0.05) is 12.5 Å². The fraction of sp³-hybridized carbons (Fsp3) is 0.750. The van der Waals surface area contributed by atoms with Gasteiger partial charge in [0.15, 0.2) is 0 Å². The lowest BCUT2D eigenvalue weighted by Crippen LogP contribution is -2.25. The highest BCUT2D eigenvalue weighted by atomic mass is 15.3. The molecule has 0 atom stereocenters. The normalized spacial score (nSPS) is 25.3. The van der Waals surface area contributed by atoms with Crippen LogP contribution in [0.5, 0.6) is 0 Å². The largest absolute Gasteiger partial charge is 0.311 e. The van der Waals surface area contributed by atoms with Gasteiger partial charge in [0.1, 0.15) is 0 Å². The number of nitrogens with one attached hydrogen (secondary N) is 1. The van der Waals surface area contributed by atoms with Crippen LogP contribution in [0.2, 0.25) is 0 Å². The van der Waals surface area contributed by atoms with Crippen molar-refractivity contribution >= 4 is 0 Å². The molecule has 1 N–H and O–H groups in total. The predicted octanol–water partition coefficient (Wildman–Crippen LogP) is 1.74. The van der Waals surface area contributed by atoms with E-state index in [1.165, 1.54) is 43.5 Å². The molecule has 1 aliphatic heterocycles. The Bertz CT molecular complexity index is 363. The quantitative estimate of drug-likeness (QED) is 0.793. The number of fused-ring (bicyclic) bond motifs is 1. The molecule has 0 saturated heterocycles. The Hall–Kier alpha value is -0.830. The first-order chi connectivity index (χ1) is 7.43. The van der Waals surface area contributed by atoms with Crippen molar-refractivity contribution in [2.24, 2.45) is 0 Å². The van der Waals surface area contributed by atoms with Gasteiger partial charge in [-0.25, -0.2) is 0 Å². The van der Waals surface area contributed by atoms with Gasteiger partial charge in [-0.05, 0) is 44.2 Å². The Morgan fingerprint density at radius 2 is 2.07 bits per heavy atom. The Labute approximate surface area is 89.9 Å². The molecule has 2 aliphatic carbocycles. The second-order valence-corrected chi connectivity index (χ2v) is 5.19. The minimum Gasteiger partial charge on any atom is -0.311 e.